The summed E-state index contributed by atoms with van der Waals surface area (Å²) >= 11 is 1.65. The monoisotopic (exact) mass is 302 g/mol. The van der Waals surface area contributed by atoms with Gasteiger partial charge in [-0.15, -0.1) is 0 Å². The van der Waals surface area contributed by atoms with E-state index >= 15 is 0 Å². The highest BCUT2D eigenvalue weighted by Crippen LogP contribution is 2.40. The number of rotatable bonds is 1. The molecule has 0 atom stereocenters. The number of hydrogen-bond donors (Lipinski definition) is 0. The molecule has 5 nitrogen and oxygen atoms in total. The Labute approximate surface area is 127 Å². The van der Waals surface area contributed by atoms with Crippen LogP contribution in [-0.2, 0) is 24.7 Å². The minimum atomic E-state index is 0.218. The number of thiazole rings is 1. The van der Waals surface area contributed by atoms with Crippen LogP contribution in [0.3, 0.4) is 0 Å². The Morgan fingerprint density at radius 3 is 2.95 bits per heavy atom. The van der Waals surface area contributed by atoms with Crippen molar-refractivity contribution in [2.75, 3.05) is 11.4 Å². The largest absolute Gasteiger partial charge is 0.288 e. The van der Waals surface area contributed by atoms with Gasteiger partial charge in [-0.3, -0.25) is 14.4 Å². The van der Waals surface area contributed by atoms with Gasteiger partial charge in [0.05, 0.1) is 22.5 Å². The molecule has 21 heavy (non-hydrogen) atoms. The Hall–Kier alpha value is -1.69. The fourth-order valence-corrected chi connectivity index (χ4v) is 4.49. The molecule has 4 rings (SSSR count). The third-order valence-corrected chi connectivity index (χ3v) is 5.46. The molecule has 1 fully saturated rings. The molecule has 0 unspecified atom stereocenters. The molecule has 2 aromatic heterocycles. The highest BCUT2D eigenvalue weighted by Gasteiger charge is 2.27. The van der Waals surface area contributed by atoms with E-state index in [2.05, 4.69) is 5.10 Å². The minimum Gasteiger partial charge on any atom is -0.288 e. The molecule has 1 saturated heterocycles. The minimum absolute atomic E-state index is 0.218. The molecular formula is C15H18N4OS. The van der Waals surface area contributed by atoms with Crippen LogP contribution in [0.25, 0.3) is 10.6 Å². The van der Waals surface area contributed by atoms with E-state index < -0.39 is 0 Å². The summed E-state index contributed by atoms with van der Waals surface area (Å²) in [5.74, 6) is 0.218. The summed E-state index contributed by atoms with van der Waals surface area (Å²) in [4.78, 5) is 20.0. The van der Waals surface area contributed by atoms with Gasteiger partial charge in [0.15, 0.2) is 5.13 Å². The number of anilines is 1. The summed E-state index contributed by atoms with van der Waals surface area (Å²) in [6.07, 6.45) is 7.85. The molecule has 0 aromatic carbocycles. The average molecular weight is 302 g/mol. The number of amides is 1. The second-order valence-corrected chi connectivity index (χ2v) is 6.75. The zero-order valence-electron chi connectivity index (χ0n) is 12.1. The van der Waals surface area contributed by atoms with Gasteiger partial charge in [-0.2, -0.15) is 5.10 Å². The molecule has 0 N–H and O–H groups in total. The van der Waals surface area contributed by atoms with Crippen LogP contribution in [0, 0.1) is 0 Å². The lowest BCUT2D eigenvalue weighted by molar-refractivity contribution is -0.119. The standard InChI is InChI=1S/C15H18N4OS/c1-18-13-10(9-16-18)5-4-6-11-14(13)21-15(17-11)19-8-3-2-7-12(19)20/h9H,2-8H2,1H3. The van der Waals surface area contributed by atoms with Crippen molar-refractivity contribution in [3.63, 3.8) is 0 Å². The van der Waals surface area contributed by atoms with E-state index in [-0.39, 0.29) is 5.91 Å². The lowest BCUT2D eigenvalue weighted by Crippen LogP contribution is -2.35. The first-order valence-corrected chi connectivity index (χ1v) is 8.37. The number of fused-ring (bicyclic) bond motifs is 3. The highest BCUT2D eigenvalue weighted by atomic mass is 32.1. The lowest BCUT2D eigenvalue weighted by Gasteiger charge is -2.23. The summed E-state index contributed by atoms with van der Waals surface area (Å²) in [7, 11) is 1.99. The van der Waals surface area contributed by atoms with E-state index in [0.29, 0.717) is 6.42 Å². The number of piperidine rings is 1. The molecular weight excluding hydrogens is 284 g/mol. The number of aromatic nitrogens is 3. The van der Waals surface area contributed by atoms with Crippen LogP contribution in [0.1, 0.15) is 36.9 Å². The fraction of sp³-hybridized carbons (Fsp3) is 0.533. The summed E-state index contributed by atoms with van der Waals surface area (Å²) in [5, 5.41) is 5.26. The maximum atomic E-state index is 12.1. The van der Waals surface area contributed by atoms with E-state index in [1.807, 2.05) is 22.8 Å². The quantitative estimate of drug-likeness (QED) is 0.813. The number of hydrogen-bond acceptors (Lipinski definition) is 4. The van der Waals surface area contributed by atoms with E-state index in [1.165, 1.54) is 16.1 Å². The first-order chi connectivity index (χ1) is 10.2. The number of carbonyl (C=O) groups is 1. The van der Waals surface area contributed by atoms with Crippen molar-refractivity contribution < 1.29 is 4.79 Å². The van der Waals surface area contributed by atoms with Gasteiger partial charge in [0, 0.05) is 20.0 Å². The van der Waals surface area contributed by atoms with E-state index in [9.17, 15) is 4.79 Å². The van der Waals surface area contributed by atoms with Gasteiger partial charge >= 0.3 is 0 Å². The zero-order chi connectivity index (χ0) is 14.4. The van der Waals surface area contributed by atoms with E-state index in [0.717, 1.165) is 49.5 Å². The van der Waals surface area contributed by atoms with Crippen LogP contribution >= 0.6 is 11.3 Å². The van der Waals surface area contributed by atoms with Crippen molar-refractivity contribution in [2.45, 2.75) is 38.5 Å². The van der Waals surface area contributed by atoms with Crippen molar-refractivity contribution in [3.05, 3.63) is 17.5 Å². The number of aryl methyl sites for hydroxylation is 3. The summed E-state index contributed by atoms with van der Waals surface area (Å²) in [6, 6.07) is 0. The van der Waals surface area contributed by atoms with Gasteiger partial charge in [0.2, 0.25) is 5.91 Å². The molecule has 6 heteroatoms. The molecule has 1 aliphatic carbocycles. The lowest BCUT2D eigenvalue weighted by atomic mass is 10.1. The SMILES string of the molecule is Cn1ncc2c1-c1sc(N3CCCCC3=O)nc1CCC2. The Bertz CT molecular complexity index is 703. The maximum absolute atomic E-state index is 12.1. The van der Waals surface area contributed by atoms with Crippen molar-refractivity contribution in [3.8, 4) is 10.6 Å². The second kappa shape index (κ2) is 4.94. The van der Waals surface area contributed by atoms with Gasteiger partial charge in [-0.25, -0.2) is 4.98 Å². The van der Waals surface area contributed by atoms with Gasteiger partial charge < -0.3 is 0 Å². The summed E-state index contributed by atoms with van der Waals surface area (Å²) in [6.45, 7) is 0.809. The molecule has 0 saturated carbocycles. The van der Waals surface area contributed by atoms with Crippen molar-refractivity contribution in [2.24, 2.45) is 7.05 Å². The average Bonchev–Trinajstić information content (AvgIpc) is 2.99. The van der Waals surface area contributed by atoms with E-state index in [4.69, 9.17) is 4.98 Å². The zero-order valence-corrected chi connectivity index (χ0v) is 12.9. The smallest absolute Gasteiger partial charge is 0.228 e. The van der Waals surface area contributed by atoms with Gasteiger partial charge in [-0.1, -0.05) is 11.3 Å². The first-order valence-electron chi connectivity index (χ1n) is 7.55. The van der Waals surface area contributed by atoms with Gasteiger partial charge in [0.25, 0.3) is 0 Å². The maximum Gasteiger partial charge on any atom is 0.228 e. The third-order valence-electron chi connectivity index (χ3n) is 4.33. The molecule has 1 amide bonds. The van der Waals surface area contributed by atoms with Crippen LogP contribution in [0.2, 0.25) is 0 Å². The topological polar surface area (TPSA) is 51.0 Å². The third kappa shape index (κ3) is 2.09. The van der Waals surface area contributed by atoms with E-state index in [1.54, 1.807) is 11.3 Å². The first kappa shape index (κ1) is 13.0. The summed E-state index contributed by atoms with van der Waals surface area (Å²) in [5.41, 5.74) is 3.63. The number of nitrogens with zero attached hydrogens (tertiary/aromatic N) is 4. The molecule has 0 spiro atoms. The summed E-state index contributed by atoms with van der Waals surface area (Å²) < 4.78 is 1.94. The van der Waals surface area contributed by atoms with Crippen LogP contribution < -0.4 is 4.90 Å². The molecule has 3 heterocycles. The molecule has 110 valence electrons. The molecule has 2 aliphatic rings. The second-order valence-electron chi connectivity index (χ2n) is 5.77. The fourth-order valence-electron chi connectivity index (χ4n) is 3.22. The highest BCUT2D eigenvalue weighted by molar-refractivity contribution is 7.19. The van der Waals surface area contributed by atoms with Gasteiger partial charge in [0.1, 0.15) is 0 Å². The van der Waals surface area contributed by atoms with Crippen molar-refractivity contribution in [1.29, 1.82) is 0 Å². The Morgan fingerprint density at radius 1 is 1.19 bits per heavy atom. The molecule has 2 aromatic rings. The Kier molecular flexibility index (Phi) is 3.06. The molecule has 0 bridgehead atoms. The van der Waals surface area contributed by atoms with Gasteiger partial charge in [-0.05, 0) is 37.7 Å². The molecule has 0 radical (unpaired) electrons. The molecule has 1 aliphatic heterocycles. The Balaban J connectivity index is 1.79. The van der Waals surface area contributed by atoms with Crippen molar-refractivity contribution in [1.82, 2.24) is 14.8 Å². The van der Waals surface area contributed by atoms with Crippen LogP contribution in [-0.4, -0.2) is 27.2 Å². The van der Waals surface area contributed by atoms with Crippen LogP contribution in [0.4, 0.5) is 5.13 Å². The Morgan fingerprint density at radius 2 is 2.10 bits per heavy atom. The van der Waals surface area contributed by atoms with Crippen LogP contribution in [0.15, 0.2) is 6.20 Å². The normalized spacial score (nSPS) is 18.3. The van der Waals surface area contributed by atoms with Crippen LogP contribution in [0.5, 0.6) is 0 Å². The number of carbonyl (C=O) groups excluding carboxylic acids is 1. The predicted octanol–water partition coefficient (Wildman–Crippen LogP) is 2.55. The van der Waals surface area contributed by atoms with Crippen molar-refractivity contribution >= 4 is 22.4 Å². The predicted molar refractivity (Wildman–Crippen MR) is 82.5 cm³/mol.